The molecule has 2 nitrogen and oxygen atoms in total. The number of allylic oxidation sites excluding steroid dienone is 1. The van der Waals surface area contributed by atoms with Crippen molar-refractivity contribution in [3.05, 3.63) is 12.1 Å². The van der Waals surface area contributed by atoms with Crippen LogP contribution < -0.4 is 0 Å². The van der Waals surface area contributed by atoms with E-state index in [2.05, 4.69) is 46.7 Å². The summed E-state index contributed by atoms with van der Waals surface area (Å²) in [6, 6.07) is 0. The summed E-state index contributed by atoms with van der Waals surface area (Å²) < 4.78 is 12.6. The van der Waals surface area contributed by atoms with Crippen LogP contribution in [0.15, 0.2) is 12.1 Å². The molecule has 1 fully saturated rings. The quantitative estimate of drug-likeness (QED) is 0.426. The highest BCUT2D eigenvalue weighted by atomic mass is 16.7. The van der Waals surface area contributed by atoms with Crippen LogP contribution in [-0.2, 0) is 9.31 Å². The molecule has 0 amide bonds. The fourth-order valence-corrected chi connectivity index (χ4v) is 3.39. The van der Waals surface area contributed by atoms with Gasteiger partial charge in [-0.15, -0.1) is 12.4 Å². The standard InChI is InChI=1S/C19H38BO2/c1-6-9-12-19(13-10-7-2)14-16-20(15-11-8-3)21-17(4)18(5)22-20/h14,16-19H,6-13,15H2,1-5H3/q-1/b16-14+. The van der Waals surface area contributed by atoms with E-state index in [4.69, 9.17) is 9.31 Å². The Morgan fingerprint density at radius 3 is 1.82 bits per heavy atom. The fraction of sp³-hybridized carbons (Fsp3) is 0.895. The van der Waals surface area contributed by atoms with Gasteiger partial charge >= 0.3 is 0 Å². The Morgan fingerprint density at radius 2 is 1.36 bits per heavy atom. The Hall–Kier alpha value is -0.275. The Kier molecular flexibility index (Phi) is 9.43. The van der Waals surface area contributed by atoms with Gasteiger partial charge in [0.05, 0.1) is 0 Å². The number of unbranched alkanes of at least 4 members (excludes halogenated alkanes) is 3. The smallest absolute Gasteiger partial charge is 0.262 e. The summed E-state index contributed by atoms with van der Waals surface area (Å²) in [6.45, 7) is 9.87. The van der Waals surface area contributed by atoms with E-state index in [0.29, 0.717) is 5.92 Å². The van der Waals surface area contributed by atoms with E-state index >= 15 is 0 Å². The first-order valence-corrected chi connectivity index (χ1v) is 9.78. The van der Waals surface area contributed by atoms with Gasteiger partial charge in [0.2, 0.25) is 0 Å². The fourth-order valence-electron chi connectivity index (χ4n) is 3.39. The van der Waals surface area contributed by atoms with Crippen molar-refractivity contribution >= 4 is 6.55 Å². The summed E-state index contributed by atoms with van der Waals surface area (Å²) >= 11 is 0. The second kappa shape index (κ2) is 10.5. The van der Waals surface area contributed by atoms with Gasteiger partial charge in [-0.3, -0.25) is 0 Å². The monoisotopic (exact) mass is 309 g/mol. The van der Waals surface area contributed by atoms with Crippen molar-refractivity contribution < 1.29 is 9.31 Å². The molecule has 22 heavy (non-hydrogen) atoms. The van der Waals surface area contributed by atoms with Gasteiger partial charge in [0.15, 0.2) is 0 Å². The van der Waals surface area contributed by atoms with E-state index in [0.717, 1.165) is 6.32 Å². The highest BCUT2D eigenvalue weighted by Gasteiger charge is 2.35. The molecule has 3 heteroatoms. The molecule has 0 radical (unpaired) electrons. The first-order chi connectivity index (χ1) is 10.6. The van der Waals surface area contributed by atoms with Crippen molar-refractivity contribution in [1.82, 2.24) is 0 Å². The summed E-state index contributed by atoms with van der Waals surface area (Å²) in [4.78, 5) is 0. The molecule has 2 atom stereocenters. The van der Waals surface area contributed by atoms with Crippen molar-refractivity contribution in [1.29, 1.82) is 0 Å². The normalized spacial score (nSPS) is 29.0. The average molecular weight is 309 g/mol. The lowest BCUT2D eigenvalue weighted by atomic mass is 9.53. The Balaban J connectivity index is 2.71. The van der Waals surface area contributed by atoms with Gasteiger partial charge in [0.25, 0.3) is 6.55 Å². The van der Waals surface area contributed by atoms with Crippen LogP contribution in [0.3, 0.4) is 0 Å². The molecule has 2 unspecified atom stereocenters. The van der Waals surface area contributed by atoms with Crippen LogP contribution in [0, 0.1) is 5.92 Å². The van der Waals surface area contributed by atoms with Crippen LogP contribution in [0.2, 0.25) is 6.32 Å². The predicted molar refractivity (Wildman–Crippen MR) is 98.2 cm³/mol. The Labute approximate surface area is 139 Å². The van der Waals surface area contributed by atoms with Crippen LogP contribution in [-0.4, -0.2) is 18.8 Å². The number of rotatable bonds is 11. The maximum absolute atomic E-state index is 6.28. The van der Waals surface area contributed by atoms with Gasteiger partial charge in [-0.25, -0.2) is 0 Å². The average Bonchev–Trinajstić information content (AvgIpc) is 2.79. The second-order valence-corrected chi connectivity index (χ2v) is 7.19. The Morgan fingerprint density at radius 1 is 0.864 bits per heavy atom. The minimum Gasteiger partial charge on any atom is -0.561 e. The Bertz CT molecular complexity index is 299. The molecule has 0 bridgehead atoms. The topological polar surface area (TPSA) is 18.5 Å². The SMILES string of the molecule is CCCCC(/C=C/[B-]1(CCCC)OC(C)C(C)O1)CCCC. The summed E-state index contributed by atoms with van der Waals surface area (Å²) in [5, 5.41) is 0. The van der Waals surface area contributed by atoms with Gasteiger partial charge in [-0.05, 0) is 32.6 Å². The van der Waals surface area contributed by atoms with Crippen LogP contribution >= 0.6 is 0 Å². The minimum atomic E-state index is -1.20. The lowest BCUT2D eigenvalue weighted by Crippen LogP contribution is -2.35. The summed E-state index contributed by atoms with van der Waals surface area (Å²) in [5.74, 6) is 3.00. The summed E-state index contributed by atoms with van der Waals surface area (Å²) in [6.07, 6.45) is 14.1. The second-order valence-electron chi connectivity index (χ2n) is 7.19. The summed E-state index contributed by atoms with van der Waals surface area (Å²) in [5.41, 5.74) is 0. The molecule has 0 spiro atoms. The first kappa shape index (κ1) is 19.8. The van der Waals surface area contributed by atoms with Gasteiger partial charge in [-0.1, -0.05) is 59.3 Å². The lowest BCUT2D eigenvalue weighted by molar-refractivity contribution is 0.187. The van der Waals surface area contributed by atoms with Crippen LogP contribution in [0.1, 0.15) is 86.0 Å². The van der Waals surface area contributed by atoms with Gasteiger partial charge in [-0.2, -0.15) is 5.98 Å². The van der Waals surface area contributed by atoms with Crippen LogP contribution in [0.25, 0.3) is 0 Å². The molecule has 0 saturated carbocycles. The minimum absolute atomic E-state index is 0.214. The maximum atomic E-state index is 6.28. The molecule has 0 aromatic carbocycles. The molecule has 1 saturated heterocycles. The van der Waals surface area contributed by atoms with Crippen molar-refractivity contribution in [3.63, 3.8) is 0 Å². The molecule has 1 aliphatic rings. The number of hydrogen-bond donors (Lipinski definition) is 0. The van der Waals surface area contributed by atoms with Crippen molar-refractivity contribution in [2.24, 2.45) is 5.92 Å². The lowest BCUT2D eigenvalue weighted by Gasteiger charge is -2.33. The van der Waals surface area contributed by atoms with E-state index < -0.39 is 6.55 Å². The molecule has 1 heterocycles. The highest BCUT2D eigenvalue weighted by molar-refractivity contribution is 6.73. The van der Waals surface area contributed by atoms with Crippen molar-refractivity contribution in [2.75, 3.05) is 0 Å². The van der Waals surface area contributed by atoms with Crippen molar-refractivity contribution in [3.8, 4) is 0 Å². The molecule has 1 aliphatic heterocycles. The zero-order chi connectivity index (χ0) is 16.4. The van der Waals surface area contributed by atoms with Gasteiger partial charge in [0, 0.05) is 12.2 Å². The van der Waals surface area contributed by atoms with E-state index in [1.54, 1.807) is 0 Å². The number of hydrogen-bond acceptors (Lipinski definition) is 2. The summed E-state index contributed by atoms with van der Waals surface area (Å²) in [7, 11) is 0. The maximum Gasteiger partial charge on any atom is 0.262 e. The molecule has 130 valence electrons. The van der Waals surface area contributed by atoms with E-state index in [1.807, 2.05) is 0 Å². The van der Waals surface area contributed by atoms with Crippen LogP contribution in [0.5, 0.6) is 0 Å². The third kappa shape index (κ3) is 6.46. The first-order valence-electron chi connectivity index (χ1n) is 9.78. The van der Waals surface area contributed by atoms with E-state index in [1.165, 1.54) is 51.4 Å². The van der Waals surface area contributed by atoms with Crippen molar-refractivity contribution in [2.45, 2.75) is 105 Å². The zero-order valence-electron chi connectivity index (χ0n) is 15.6. The molecule has 0 aromatic heterocycles. The molecule has 0 aliphatic carbocycles. The predicted octanol–water partition coefficient (Wildman–Crippen LogP) is 6.14. The molecule has 1 rings (SSSR count). The largest absolute Gasteiger partial charge is 0.561 e. The molecular weight excluding hydrogens is 271 g/mol. The molecular formula is C19H38BO2-. The third-order valence-electron chi connectivity index (χ3n) is 5.04. The molecule has 0 N–H and O–H groups in total. The van der Waals surface area contributed by atoms with Gasteiger partial charge < -0.3 is 9.31 Å². The highest BCUT2D eigenvalue weighted by Crippen LogP contribution is 2.32. The van der Waals surface area contributed by atoms with E-state index in [-0.39, 0.29) is 12.2 Å². The molecule has 0 aromatic rings. The third-order valence-corrected chi connectivity index (χ3v) is 5.04. The van der Waals surface area contributed by atoms with Crippen LogP contribution in [0.4, 0.5) is 0 Å². The van der Waals surface area contributed by atoms with E-state index in [9.17, 15) is 0 Å². The van der Waals surface area contributed by atoms with Gasteiger partial charge in [0.1, 0.15) is 0 Å². The zero-order valence-corrected chi connectivity index (χ0v) is 15.6.